The van der Waals surface area contributed by atoms with Gasteiger partial charge in [0.25, 0.3) is 0 Å². The second-order valence-corrected chi connectivity index (χ2v) is 7.12. The summed E-state index contributed by atoms with van der Waals surface area (Å²) in [5.74, 6) is 0. The van der Waals surface area contributed by atoms with Gasteiger partial charge in [-0.15, -0.1) is 0 Å². The number of fused-ring (bicyclic) bond motifs is 1. The molecule has 5 heteroatoms. The SMILES string of the molecule is CC(C)(C)OC(=O)N1CCC2(CC1)Cc1ccnn1C2. The fourth-order valence-corrected chi connectivity index (χ4v) is 3.24. The second-order valence-electron chi connectivity index (χ2n) is 7.12. The minimum atomic E-state index is -0.415. The Morgan fingerprint density at radius 2 is 2.05 bits per heavy atom. The van der Waals surface area contributed by atoms with E-state index < -0.39 is 5.60 Å². The van der Waals surface area contributed by atoms with Gasteiger partial charge < -0.3 is 9.64 Å². The minimum absolute atomic E-state index is 0.178. The Balaban J connectivity index is 1.58. The summed E-state index contributed by atoms with van der Waals surface area (Å²) in [7, 11) is 0. The molecule has 110 valence electrons. The molecule has 2 aliphatic heterocycles. The van der Waals surface area contributed by atoms with Crippen molar-refractivity contribution in [3.8, 4) is 0 Å². The van der Waals surface area contributed by atoms with Gasteiger partial charge in [-0.1, -0.05) is 0 Å². The average molecular weight is 277 g/mol. The molecular weight excluding hydrogens is 254 g/mol. The Hall–Kier alpha value is -1.52. The molecule has 2 aliphatic rings. The number of carbonyl (C=O) groups is 1. The summed E-state index contributed by atoms with van der Waals surface area (Å²) in [6.45, 7) is 8.31. The molecule has 0 bridgehead atoms. The zero-order valence-corrected chi connectivity index (χ0v) is 12.6. The van der Waals surface area contributed by atoms with Crippen LogP contribution in [0, 0.1) is 5.41 Å². The van der Waals surface area contributed by atoms with Crippen molar-refractivity contribution in [3.63, 3.8) is 0 Å². The van der Waals surface area contributed by atoms with Crippen LogP contribution < -0.4 is 0 Å². The molecule has 0 aromatic carbocycles. The van der Waals surface area contributed by atoms with Crippen molar-refractivity contribution in [2.24, 2.45) is 5.41 Å². The van der Waals surface area contributed by atoms with Gasteiger partial charge in [0.1, 0.15) is 5.60 Å². The number of ether oxygens (including phenoxy) is 1. The van der Waals surface area contributed by atoms with E-state index in [0.29, 0.717) is 5.41 Å². The third-order valence-corrected chi connectivity index (χ3v) is 4.32. The van der Waals surface area contributed by atoms with Gasteiger partial charge in [0.05, 0.1) is 0 Å². The predicted octanol–water partition coefficient (Wildman–Crippen LogP) is 2.46. The first-order valence-corrected chi connectivity index (χ1v) is 7.36. The van der Waals surface area contributed by atoms with Gasteiger partial charge in [0.15, 0.2) is 0 Å². The number of nitrogens with zero attached hydrogens (tertiary/aromatic N) is 3. The van der Waals surface area contributed by atoms with Gasteiger partial charge in [-0.25, -0.2) is 4.79 Å². The Labute approximate surface area is 119 Å². The highest BCUT2D eigenvalue weighted by molar-refractivity contribution is 5.68. The summed E-state index contributed by atoms with van der Waals surface area (Å²) in [6.07, 6.45) is 4.86. The average Bonchev–Trinajstić information content (AvgIpc) is 2.86. The van der Waals surface area contributed by atoms with Gasteiger partial charge >= 0.3 is 6.09 Å². The smallest absolute Gasteiger partial charge is 0.410 e. The van der Waals surface area contributed by atoms with Crippen LogP contribution in [0.4, 0.5) is 4.79 Å². The quantitative estimate of drug-likeness (QED) is 0.732. The van der Waals surface area contributed by atoms with E-state index in [0.717, 1.165) is 38.9 Å². The molecule has 1 aromatic heterocycles. The van der Waals surface area contributed by atoms with E-state index in [1.165, 1.54) is 5.69 Å². The zero-order valence-electron chi connectivity index (χ0n) is 12.6. The van der Waals surface area contributed by atoms with Gasteiger partial charge in [-0.2, -0.15) is 5.10 Å². The maximum absolute atomic E-state index is 12.1. The monoisotopic (exact) mass is 277 g/mol. The topological polar surface area (TPSA) is 47.4 Å². The number of rotatable bonds is 0. The van der Waals surface area contributed by atoms with Crippen LogP contribution in [-0.2, 0) is 17.7 Å². The molecule has 3 rings (SSSR count). The molecule has 20 heavy (non-hydrogen) atoms. The second kappa shape index (κ2) is 4.50. The van der Waals surface area contributed by atoms with Crippen molar-refractivity contribution in [2.45, 2.75) is 52.2 Å². The first kappa shape index (κ1) is 13.5. The number of amides is 1. The lowest BCUT2D eigenvalue weighted by Crippen LogP contribution is -2.45. The summed E-state index contributed by atoms with van der Waals surface area (Å²) in [5.41, 5.74) is 1.22. The standard InChI is InChI=1S/C15H23N3O2/c1-14(2,3)20-13(19)17-8-5-15(6-9-17)10-12-4-7-16-18(12)11-15/h4,7H,5-6,8-11H2,1-3H3. The van der Waals surface area contributed by atoms with E-state index in [4.69, 9.17) is 4.74 Å². The molecule has 5 nitrogen and oxygen atoms in total. The van der Waals surface area contributed by atoms with Crippen LogP contribution in [0.25, 0.3) is 0 Å². The summed E-state index contributed by atoms with van der Waals surface area (Å²) in [6, 6.07) is 2.11. The molecule has 0 N–H and O–H groups in total. The molecule has 0 saturated carbocycles. The third-order valence-electron chi connectivity index (χ3n) is 4.32. The number of aromatic nitrogens is 2. The van der Waals surface area contributed by atoms with Crippen LogP contribution in [0.3, 0.4) is 0 Å². The van der Waals surface area contributed by atoms with Crippen molar-refractivity contribution >= 4 is 6.09 Å². The van der Waals surface area contributed by atoms with Gasteiger partial charge in [0.2, 0.25) is 0 Å². The van der Waals surface area contributed by atoms with Crippen LogP contribution in [0.15, 0.2) is 12.3 Å². The fraction of sp³-hybridized carbons (Fsp3) is 0.733. The summed E-state index contributed by atoms with van der Waals surface area (Å²) in [4.78, 5) is 13.9. The molecule has 1 amide bonds. The summed E-state index contributed by atoms with van der Waals surface area (Å²) >= 11 is 0. The molecule has 1 saturated heterocycles. The normalized spacial score (nSPS) is 21.1. The number of likely N-dealkylation sites (tertiary alicyclic amines) is 1. The van der Waals surface area contributed by atoms with Crippen LogP contribution in [0.1, 0.15) is 39.3 Å². The van der Waals surface area contributed by atoms with Gasteiger partial charge in [-0.3, -0.25) is 4.68 Å². The maximum Gasteiger partial charge on any atom is 0.410 e. The predicted molar refractivity (Wildman–Crippen MR) is 75.4 cm³/mol. The summed E-state index contributed by atoms with van der Waals surface area (Å²) in [5, 5.41) is 4.36. The van der Waals surface area contributed by atoms with Crippen molar-refractivity contribution in [3.05, 3.63) is 18.0 Å². The molecule has 0 atom stereocenters. The van der Waals surface area contributed by atoms with E-state index in [1.807, 2.05) is 31.9 Å². The highest BCUT2D eigenvalue weighted by atomic mass is 16.6. The van der Waals surface area contributed by atoms with E-state index in [2.05, 4.69) is 15.8 Å². The van der Waals surface area contributed by atoms with Crippen LogP contribution >= 0.6 is 0 Å². The molecule has 1 aromatic rings. The Morgan fingerprint density at radius 1 is 1.35 bits per heavy atom. The molecular formula is C15H23N3O2. The van der Waals surface area contributed by atoms with Crippen LogP contribution in [0.5, 0.6) is 0 Å². The third kappa shape index (κ3) is 2.53. The van der Waals surface area contributed by atoms with E-state index >= 15 is 0 Å². The van der Waals surface area contributed by atoms with E-state index in [-0.39, 0.29) is 6.09 Å². The number of hydrogen-bond donors (Lipinski definition) is 0. The fourth-order valence-electron chi connectivity index (χ4n) is 3.24. The number of piperidine rings is 1. The van der Waals surface area contributed by atoms with Crippen LogP contribution in [-0.4, -0.2) is 39.5 Å². The molecule has 0 unspecified atom stereocenters. The minimum Gasteiger partial charge on any atom is -0.444 e. The largest absolute Gasteiger partial charge is 0.444 e. The Bertz CT molecular complexity index is 485. The Kier molecular flexibility index (Phi) is 3.03. The zero-order chi connectivity index (χ0) is 14.4. The van der Waals surface area contributed by atoms with Crippen LogP contribution in [0.2, 0.25) is 0 Å². The van der Waals surface area contributed by atoms with Gasteiger partial charge in [0, 0.05) is 31.5 Å². The Morgan fingerprint density at radius 3 is 2.65 bits per heavy atom. The lowest BCUT2D eigenvalue weighted by molar-refractivity contribution is 0.00981. The molecule has 0 aliphatic carbocycles. The lowest BCUT2D eigenvalue weighted by Gasteiger charge is -2.39. The highest BCUT2D eigenvalue weighted by Gasteiger charge is 2.41. The lowest BCUT2D eigenvalue weighted by atomic mass is 9.77. The van der Waals surface area contributed by atoms with Crippen molar-refractivity contribution in [1.82, 2.24) is 14.7 Å². The molecule has 1 fully saturated rings. The van der Waals surface area contributed by atoms with Crippen molar-refractivity contribution in [2.75, 3.05) is 13.1 Å². The molecule has 0 radical (unpaired) electrons. The summed E-state index contributed by atoms with van der Waals surface area (Å²) < 4.78 is 7.56. The highest BCUT2D eigenvalue weighted by Crippen LogP contribution is 2.41. The molecule has 3 heterocycles. The number of carbonyl (C=O) groups excluding carboxylic acids is 1. The van der Waals surface area contributed by atoms with Gasteiger partial charge in [-0.05, 0) is 51.5 Å². The number of hydrogen-bond acceptors (Lipinski definition) is 3. The molecule has 1 spiro atoms. The first-order chi connectivity index (χ1) is 9.37. The van der Waals surface area contributed by atoms with Crippen molar-refractivity contribution in [1.29, 1.82) is 0 Å². The van der Waals surface area contributed by atoms with E-state index in [9.17, 15) is 4.79 Å². The first-order valence-electron chi connectivity index (χ1n) is 7.36. The maximum atomic E-state index is 12.1. The van der Waals surface area contributed by atoms with Crippen molar-refractivity contribution < 1.29 is 9.53 Å². The van der Waals surface area contributed by atoms with E-state index in [1.54, 1.807) is 0 Å².